The van der Waals surface area contributed by atoms with Gasteiger partial charge in [0.1, 0.15) is 0 Å². The molecule has 0 unspecified atom stereocenters. The molecule has 1 saturated carbocycles. The molecule has 52 valence electrons. The highest BCUT2D eigenvalue weighted by atomic mass is 14.9. The van der Waals surface area contributed by atoms with Crippen molar-refractivity contribution in [2.45, 2.75) is 25.7 Å². The second-order valence-electron chi connectivity index (χ2n) is 3.56. The highest BCUT2D eigenvalue weighted by Gasteiger charge is 2.31. The molecule has 0 bridgehead atoms. The van der Waals surface area contributed by atoms with Gasteiger partial charge in [0.15, 0.2) is 0 Å². The summed E-state index contributed by atoms with van der Waals surface area (Å²) in [6.07, 6.45) is 6.08. The van der Waals surface area contributed by atoms with Crippen LogP contribution in [0.4, 0.5) is 0 Å². The summed E-state index contributed by atoms with van der Waals surface area (Å²) in [7, 11) is 0. The molecule has 0 amide bonds. The summed E-state index contributed by atoms with van der Waals surface area (Å²) in [5, 5.41) is 2.50. The van der Waals surface area contributed by atoms with Crippen LogP contribution in [0, 0.1) is 11.8 Å². The largest absolute Gasteiger partial charge is 0.346 e. The zero-order chi connectivity index (χ0) is 6.10. The first kappa shape index (κ1) is 5.72. The number of hydrogen-bond acceptors (Lipinski definition) is 0. The van der Waals surface area contributed by atoms with E-state index in [0.29, 0.717) is 0 Å². The standard InChI is InChI=1S/C8H15N/c1-2-4-8-6-9-5-7(8)3-1/h7-9H,1-6H2/p+1/t7-,8-/m0/s1. The van der Waals surface area contributed by atoms with Crippen molar-refractivity contribution in [1.82, 2.24) is 0 Å². The second-order valence-corrected chi connectivity index (χ2v) is 3.56. The van der Waals surface area contributed by atoms with Crippen molar-refractivity contribution in [1.29, 1.82) is 0 Å². The monoisotopic (exact) mass is 126 g/mol. The number of fused-ring (bicyclic) bond motifs is 1. The third-order valence-corrected chi connectivity index (χ3v) is 3.01. The van der Waals surface area contributed by atoms with Crippen molar-refractivity contribution in [3.8, 4) is 0 Å². The Hall–Kier alpha value is -0.0400. The van der Waals surface area contributed by atoms with Crippen molar-refractivity contribution in [2.75, 3.05) is 13.1 Å². The van der Waals surface area contributed by atoms with E-state index in [0.717, 1.165) is 11.8 Å². The topological polar surface area (TPSA) is 16.6 Å². The molecule has 2 N–H and O–H groups in total. The minimum atomic E-state index is 1.11. The van der Waals surface area contributed by atoms with E-state index in [-0.39, 0.29) is 0 Å². The zero-order valence-corrected chi connectivity index (χ0v) is 5.97. The fourth-order valence-corrected chi connectivity index (χ4v) is 2.43. The van der Waals surface area contributed by atoms with Crippen LogP contribution in [0.25, 0.3) is 0 Å². The molecule has 0 aromatic rings. The van der Waals surface area contributed by atoms with Crippen molar-refractivity contribution < 1.29 is 5.32 Å². The molecule has 2 rings (SSSR count). The van der Waals surface area contributed by atoms with Crippen LogP contribution in [0.5, 0.6) is 0 Å². The van der Waals surface area contributed by atoms with Crippen LogP contribution in [0.1, 0.15) is 25.7 Å². The number of quaternary nitrogens is 1. The van der Waals surface area contributed by atoms with E-state index >= 15 is 0 Å². The molecular weight excluding hydrogens is 110 g/mol. The fraction of sp³-hybridized carbons (Fsp3) is 1.00. The minimum Gasteiger partial charge on any atom is -0.346 e. The third kappa shape index (κ3) is 0.983. The summed E-state index contributed by atoms with van der Waals surface area (Å²) in [5.74, 6) is 2.22. The van der Waals surface area contributed by atoms with Gasteiger partial charge in [-0.3, -0.25) is 0 Å². The Balaban J connectivity index is 1.97. The summed E-state index contributed by atoms with van der Waals surface area (Å²) in [4.78, 5) is 0. The van der Waals surface area contributed by atoms with Gasteiger partial charge in [0, 0.05) is 11.8 Å². The highest BCUT2D eigenvalue weighted by molar-refractivity contribution is 4.76. The molecule has 0 aromatic carbocycles. The van der Waals surface area contributed by atoms with Gasteiger partial charge >= 0.3 is 0 Å². The Kier molecular flexibility index (Phi) is 1.46. The normalized spacial score (nSPS) is 42.7. The van der Waals surface area contributed by atoms with E-state index in [1.54, 1.807) is 0 Å². The smallest absolute Gasteiger partial charge is 0.0788 e. The average molecular weight is 126 g/mol. The Labute approximate surface area is 56.8 Å². The van der Waals surface area contributed by atoms with E-state index in [1.165, 1.54) is 38.8 Å². The second kappa shape index (κ2) is 2.30. The van der Waals surface area contributed by atoms with E-state index in [1.807, 2.05) is 0 Å². The van der Waals surface area contributed by atoms with Gasteiger partial charge in [-0.1, -0.05) is 12.8 Å². The molecule has 1 heteroatoms. The molecule has 1 nitrogen and oxygen atoms in total. The Bertz CT molecular complexity index is 88.7. The maximum Gasteiger partial charge on any atom is 0.0788 e. The van der Waals surface area contributed by atoms with Crippen molar-refractivity contribution in [2.24, 2.45) is 11.8 Å². The van der Waals surface area contributed by atoms with Crippen molar-refractivity contribution >= 4 is 0 Å². The Morgan fingerprint density at radius 3 is 2.00 bits per heavy atom. The lowest BCUT2D eigenvalue weighted by Crippen LogP contribution is -2.81. The summed E-state index contributed by atoms with van der Waals surface area (Å²) < 4.78 is 0. The van der Waals surface area contributed by atoms with Crippen LogP contribution in [0.3, 0.4) is 0 Å². The molecule has 9 heavy (non-hydrogen) atoms. The molecule has 2 fully saturated rings. The summed E-state index contributed by atoms with van der Waals surface area (Å²) in [5.41, 5.74) is 0. The van der Waals surface area contributed by atoms with Gasteiger partial charge in [-0.05, 0) is 12.8 Å². The number of nitrogens with two attached hydrogens (primary N) is 1. The predicted octanol–water partition coefficient (Wildman–Crippen LogP) is 0.370. The quantitative estimate of drug-likeness (QED) is 0.483. The van der Waals surface area contributed by atoms with Crippen LogP contribution in [-0.4, -0.2) is 13.1 Å². The highest BCUT2D eigenvalue weighted by Crippen LogP contribution is 2.29. The third-order valence-electron chi connectivity index (χ3n) is 3.01. The van der Waals surface area contributed by atoms with E-state index in [4.69, 9.17) is 0 Å². The van der Waals surface area contributed by atoms with Crippen LogP contribution >= 0.6 is 0 Å². The average Bonchev–Trinajstić information content (AvgIpc) is 2.33. The van der Waals surface area contributed by atoms with Crippen molar-refractivity contribution in [3.05, 3.63) is 0 Å². The summed E-state index contributed by atoms with van der Waals surface area (Å²) in [6.45, 7) is 2.87. The van der Waals surface area contributed by atoms with E-state index in [2.05, 4.69) is 5.32 Å². The van der Waals surface area contributed by atoms with Crippen molar-refractivity contribution in [3.63, 3.8) is 0 Å². The fourth-order valence-electron chi connectivity index (χ4n) is 2.43. The first-order chi connectivity index (χ1) is 4.47. The minimum absolute atomic E-state index is 1.11. The lowest BCUT2D eigenvalue weighted by molar-refractivity contribution is -0.640. The van der Waals surface area contributed by atoms with Gasteiger partial charge in [0.2, 0.25) is 0 Å². The van der Waals surface area contributed by atoms with Gasteiger partial charge < -0.3 is 5.32 Å². The number of hydrogen-bond donors (Lipinski definition) is 1. The molecule has 2 atom stereocenters. The Morgan fingerprint density at radius 1 is 0.889 bits per heavy atom. The van der Waals surface area contributed by atoms with Gasteiger partial charge in [-0.15, -0.1) is 0 Å². The SMILES string of the molecule is C1CC[C@H]2C[NH2+]C[C@@H]2C1. The first-order valence-corrected chi connectivity index (χ1v) is 4.28. The molecule has 1 aliphatic heterocycles. The molecule has 1 saturated heterocycles. The predicted molar refractivity (Wildman–Crippen MR) is 37.1 cm³/mol. The maximum absolute atomic E-state index is 2.50. The van der Waals surface area contributed by atoms with Gasteiger partial charge in [-0.25, -0.2) is 0 Å². The number of rotatable bonds is 0. The molecule has 1 heterocycles. The molecule has 2 aliphatic rings. The van der Waals surface area contributed by atoms with Crippen LogP contribution < -0.4 is 5.32 Å². The summed E-state index contributed by atoms with van der Waals surface area (Å²) >= 11 is 0. The molecule has 0 aromatic heterocycles. The Morgan fingerprint density at radius 2 is 1.44 bits per heavy atom. The lowest BCUT2D eigenvalue weighted by atomic mass is 9.82. The van der Waals surface area contributed by atoms with E-state index in [9.17, 15) is 0 Å². The lowest BCUT2D eigenvalue weighted by Gasteiger charge is -2.20. The van der Waals surface area contributed by atoms with Crippen LogP contribution in [0.15, 0.2) is 0 Å². The van der Waals surface area contributed by atoms with Crippen LogP contribution in [-0.2, 0) is 0 Å². The van der Waals surface area contributed by atoms with Gasteiger partial charge in [0.05, 0.1) is 13.1 Å². The van der Waals surface area contributed by atoms with E-state index < -0.39 is 0 Å². The van der Waals surface area contributed by atoms with Gasteiger partial charge in [-0.2, -0.15) is 0 Å². The summed E-state index contributed by atoms with van der Waals surface area (Å²) in [6, 6.07) is 0. The molecule has 0 spiro atoms. The molecular formula is C8H16N+. The molecule has 1 aliphatic carbocycles. The van der Waals surface area contributed by atoms with Crippen LogP contribution in [0.2, 0.25) is 0 Å². The first-order valence-electron chi connectivity index (χ1n) is 4.28. The maximum atomic E-state index is 2.50. The van der Waals surface area contributed by atoms with Gasteiger partial charge in [0.25, 0.3) is 0 Å². The molecule has 0 radical (unpaired) electrons. The zero-order valence-electron chi connectivity index (χ0n) is 5.97.